The van der Waals surface area contributed by atoms with E-state index < -0.39 is 41.7 Å². The zero-order valence-corrected chi connectivity index (χ0v) is 19.5. The highest BCUT2D eigenvalue weighted by Crippen LogP contribution is 2.30. The molecule has 2 aromatic carbocycles. The molecule has 4 rings (SSSR count). The topological polar surface area (TPSA) is 76.7 Å². The van der Waals surface area contributed by atoms with E-state index in [2.05, 4.69) is 16.3 Å². The summed E-state index contributed by atoms with van der Waals surface area (Å²) in [6, 6.07) is 9.22. The third kappa shape index (κ3) is 5.43. The molecule has 0 aliphatic carbocycles. The maximum absolute atomic E-state index is 14.8. The van der Waals surface area contributed by atoms with E-state index in [0.717, 1.165) is 0 Å². The van der Waals surface area contributed by atoms with Gasteiger partial charge in [0.05, 0.1) is 12.6 Å². The highest BCUT2D eigenvalue weighted by Gasteiger charge is 2.41. The van der Waals surface area contributed by atoms with Gasteiger partial charge in [-0.3, -0.25) is 14.6 Å². The molecular formula is C25H28F3N5O2. The van der Waals surface area contributed by atoms with Gasteiger partial charge in [-0.15, -0.1) is 5.53 Å². The number of hydrogen-bond acceptors (Lipinski definition) is 5. The normalized spacial score (nSPS) is 20.3. The fraction of sp³-hybridized carbons (Fsp3) is 0.360. The Hall–Kier alpha value is -3.53. The molecule has 0 aromatic heterocycles. The van der Waals surface area contributed by atoms with Crippen molar-refractivity contribution >= 4 is 11.8 Å². The van der Waals surface area contributed by atoms with E-state index in [1.54, 1.807) is 56.6 Å². The molecule has 0 saturated carbocycles. The van der Waals surface area contributed by atoms with E-state index >= 15 is 0 Å². The van der Waals surface area contributed by atoms with Crippen LogP contribution in [0.2, 0.25) is 0 Å². The summed E-state index contributed by atoms with van der Waals surface area (Å²) in [4.78, 5) is 27.4. The van der Waals surface area contributed by atoms with Crippen LogP contribution in [0.5, 0.6) is 0 Å². The Morgan fingerprint density at radius 2 is 1.80 bits per heavy atom. The van der Waals surface area contributed by atoms with Gasteiger partial charge in [0.2, 0.25) is 11.8 Å². The molecule has 2 aliphatic rings. The first kappa shape index (κ1) is 24.6. The summed E-state index contributed by atoms with van der Waals surface area (Å²) in [6.07, 6.45) is 1.68. The number of carbonyl (C=O) groups is 2. The van der Waals surface area contributed by atoms with Crippen molar-refractivity contribution in [2.24, 2.45) is 0 Å². The lowest BCUT2D eigenvalue weighted by Crippen LogP contribution is -2.50. The molecule has 0 spiro atoms. The largest absolute Gasteiger partial charge is 0.343 e. The Balaban J connectivity index is 1.60. The first-order valence-corrected chi connectivity index (χ1v) is 11.5. The van der Waals surface area contributed by atoms with Gasteiger partial charge in [0.15, 0.2) is 0 Å². The van der Waals surface area contributed by atoms with Crippen molar-refractivity contribution in [2.45, 2.75) is 44.4 Å². The van der Waals surface area contributed by atoms with Gasteiger partial charge in [0.1, 0.15) is 30.4 Å². The minimum Gasteiger partial charge on any atom is -0.343 e. The lowest BCUT2D eigenvalue weighted by molar-refractivity contribution is -0.139. The number of hydrogen-bond donors (Lipinski definition) is 3. The number of amides is 2. The van der Waals surface area contributed by atoms with Gasteiger partial charge < -0.3 is 15.6 Å². The number of nitrogens with zero attached hydrogens (tertiary/aromatic N) is 2. The minimum absolute atomic E-state index is 0.0289. The zero-order valence-electron chi connectivity index (χ0n) is 19.5. The highest BCUT2D eigenvalue weighted by atomic mass is 19.1. The van der Waals surface area contributed by atoms with Crippen LogP contribution in [0.4, 0.5) is 13.2 Å². The minimum atomic E-state index is -1.36. The highest BCUT2D eigenvalue weighted by molar-refractivity contribution is 5.89. The van der Waals surface area contributed by atoms with Crippen LogP contribution in [0, 0.1) is 11.6 Å². The molecule has 2 aromatic rings. The molecule has 1 unspecified atom stereocenters. The molecule has 7 nitrogen and oxygen atoms in total. The van der Waals surface area contributed by atoms with E-state index in [9.17, 15) is 22.8 Å². The first-order valence-electron chi connectivity index (χ1n) is 11.5. The van der Waals surface area contributed by atoms with Gasteiger partial charge in [0, 0.05) is 24.4 Å². The van der Waals surface area contributed by atoms with Gasteiger partial charge in [-0.1, -0.05) is 44.2 Å². The summed E-state index contributed by atoms with van der Waals surface area (Å²) in [7, 11) is 0. The number of alkyl halides is 1. The maximum atomic E-state index is 14.8. The van der Waals surface area contributed by atoms with Crippen LogP contribution >= 0.6 is 0 Å². The number of benzene rings is 2. The van der Waals surface area contributed by atoms with Crippen LogP contribution in [0.25, 0.3) is 0 Å². The third-order valence-electron chi connectivity index (χ3n) is 6.16. The number of halogens is 3. The average Bonchev–Trinajstić information content (AvgIpc) is 3.46. The van der Waals surface area contributed by atoms with Crippen LogP contribution in [-0.4, -0.2) is 47.0 Å². The van der Waals surface area contributed by atoms with Crippen molar-refractivity contribution in [1.29, 1.82) is 0 Å². The molecular weight excluding hydrogens is 459 g/mol. The standard InChI is InChI=1S/C25H28F3N5O2/c1-15(2)23-19(27)10-17(11-20(23)28)24(16-6-4-3-5-7-16)30-25(35)21-12-18(26)13-33(21)22(34)14-32-9-8-29-31-32/h3-11,15,18,21,24,29,31H,12-14H2,1-2H3,(H,30,35)/t18-,21+,24?/m1/s1. The summed E-state index contributed by atoms with van der Waals surface area (Å²) in [5, 5.41) is 4.28. The summed E-state index contributed by atoms with van der Waals surface area (Å²) in [5.41, 5.74) is 6.21. The second-order valence-corrected chi connectivity index (χ2v) is 9.00. The predicted octanol–water partition coefficient (Wildman–Crippen LogP) is 3.03. The Kier molecular flexibility index (Phi) is 7.30. The molecule has 0 radical (unpaired) electrons. The number of rotatable bonds is 7. The van der Waals surface area contributed by atoms with Crippen LogP contribution in [-0.2, 0) is 9.59 Å². The molecule has 186 valence electrons. The maximum Gasteiger partial charge on any atom is 0.244 e. The molecule has 2 heterocycles. The second-order valence-electron chi connectivity index (χ2n) is 9.00. The molecule has 3 N–H and O–H groups in total. The van der Waals surface area contributed by atoms with Crippen molar-refractivity contribution < 1.29 is 22.8 Å². The van der Waals surface area contributed by atoms with E-state index in [4.69, 9.17) is 0 Å². The van der Waals surface area contributed by atoms with Crippen LogP contribution in [0.15, 0.2) is 54.9 Å². The molecule has 2 aliphatic heterocycles. The lowest BCUT2D eigenvalue weighted by atomic mass is 9.93. The van der Waals surface area contributed by atoms with Crippen molar-refractivity contribution in [2.75, 3.05) is 13.1 Å². The Morgan fingerprint density at radius 3 is 2.40 bits per heavy atom. The molecule has 10 heteroatoms. The van der Waals surface area contributed by atoms with Gasteiger partial charge in [-0.2, -0.15) is 0 Å². The van der Waals surface area contributed by atoms with Gasteiger partial charge in [-0.05, 0) is 29.2 Å². The summed E-state index contributed by atoms with van der Waals surface area (Å²) < 4.78 is 44.0. The zero-order chi connectivity index (χ0) is 25.1. The third-order valence-corrected chi connectivity index (χ3v) is 6.16. The molecule has 1 fully saturated rings. The van der Waals surface area contributed by atoms with Crippen LogP contribution in [0.1, 0.15) is 48.9 Å². The fourth-order valence-corrected chi connectivity index (χ4v) is 4.49. The van der Waals surface area contributed by atoms with Crippen molar-refractivity contribution in [1.82, 2.24) is 26.2 Å². The summed E-state index contributed by atoms with van der Waals surface area (Å²) in [5.74, 6) is -2.79. The van der Waals surface area contributed by atoms with E-state index in [-0.39, 0.29) is 36.6 Å². The molecule has 35 heavy (non-hydrogen) atoms. The lowest BCUT2D eigenvalue weighted by Gasteiger charge is -2.28. The van der Waals surface area contributed by atoms with E-state index in [1.807, 2.05) is 0 Å². The van der Waals surface area contributed by atoms with Crippen LogP contribution < -0.4 is 16.3 Å². The molecule has 3 atom stereocenters. The summed E-state index contributed by atoms with van der Waals surface area (Å²) in [6.45, 7) is 3.08. The Labute approximate surface area is 201 Å². The SMILES string of the molecule is CC(C)c1c(F)cc(C(NC(=O)[C@@H]2C[C@@H](F)CN2C(=O)CN2C=CNN2)c2ccccc2)cc1F. The van der Waals surface area contributed by atoms with E-state index in [0.29, 0.717) is 5.56 Å². The average molecular weight is 488 g/mol. The van der Waals surface area contributed by atoms with E-state index in [1.165, 1.54) is 22.0 Å². The predicted molar refractivity (Wildman–Crippen MR) is 124 cm³/mol. The van der Waals surface area contributed by atoms with Gasteiger partial charge >= 0.3 is 0 Å². The molecule has 1 saturated heterocycles. The quantitative estimate of drug-likeness (QED) is 0.560. The number of nitrogens with one attached hydrogen (secondary N) is 3. The Morgan fingerprint density at radius 1 is 1.11 bits per heavy atom. The monoisotopic (exact) mass is 487 g/mol. The summed E-state index contributed by atoms with van der Waals surface area (Å²) >= 11 is 0. The van der Waals surface area contributed by atoms with Crippen molar-refractivity contribution in [3.8, 4) is 0 Å². The van der Waals surface area contributed by atoms with Crippen molar-refractivity contribution in [3.63, 3.8) is 0 Å². The van der Waals surface area contributed by atoms with Crippen molar-refractivity contribution in [3.05, 3.63) is 83.2 Å². The van der Waals surface area contributed by atoms with Gasteiger partial charge in [0.25, 0.3) is 0 Å². The smallest absolute Gasteiger partial charge is 0.244 e. The number of hydrazine groups is 2. The number of carbonyl (C=O) groups excluding carboxylic acids is 2. The molecule has 0 bridgehead atoms. The molecule has 2 amide bonds. The first-order chi connectivity index (χ1) is 16.7. The van der Waals surface area contributed by atoms with Crippen LogP contribution in [0.3, 0.4) is 0 Å². The fourth-order valence-electron chi connectivity index (χ4n) is 4.49. The Bertz CT molecular complexity index is 1090. The van der Waals surface area contributed by atoms with Gasteiger partial charge in [-0.25, -0.2) is 13.2 Å². The number of likely N-dealkylation sites (tertiary alicyclic amines) is 1. The second kappa shape index (κ2) is 10.4.